The molecule has 0 spiro atoms. The number of rotatable bonds is 4. The van der Waals surface area contributed by atoms with Gasteiger partial charge in [-0.25, -0.2) is 5.84 Å². The quantitative estimate of drug-likeness (QED) is 0.485. The van der Waals surface area contributed by atoms with Crippen molar-refractivity contribution in [3.8, 4) is 5.75 Å². The number of carbonyl (C=O) groups excluding carboxylic acids is 1. The Morgan fingerprint density at radius 1 is 1.37 bits per heavy atom. The van der Waals surface area contributed by atoms with Crippen LogP contribution in [0.15, 0.2) is 24.3 Å². The largest absolute Gasteiger partial charge is 0.494 e. The molecule has 0 aromatic heterocycles. The van der Waals surface area contributed by atoms with Crippen LogP contribution in [0, 0.1) is 0 Å². The zero-order chi connectivity index (χ0) is 13.7. The fourth-order valence-electron chi connectivity index (χ4n) is 2.54. The van der Waals surface area contributed by atoms with Crippen LogP contribution in [0.5, 0.6) is 5.75 Å². The first-order valence-electron chi connectivity index (χ1n) is 6.55. The lowest BCUT2D eigenvalue weighted by atomic mass is 9.73. The summed E-state index contributed by atoms with van der Waals surface area (Å²) in [6, 6.07) is 7.65. The van der Waals surface area contributed by atoms with Crippen LogP contribution >= 0.6 is 0 Å². The zero-order valence-corrected chi connectivity index (χ0v) is 11.1. The number of nitrogens with two attached hydrogens (primary N) is 1. The Labute approximate surface area is 113 Å². The molecular formula is C14H20N2O3. The molecule has 2 rings (SSSR count). The normalized spacial score (nSPS) is 17.8. The molecule has 1 aromatic carbocycles. The van der Waals surface area contributed by atoms with Gasteiger partial charge in [0.1, 0.15) is 5.75 Å². The molecule has 1 aliphatic heterocycles. The Hall–Kier alpha value is -1.59. The van der Waals surface area contributed by atoms with Gasteiger partial charge in [0, 0.05) is 13.2 Å². The Balaban J connectivity index is 2.29. The SMILES string of the molecule is CCOc1ccc(C2(C(=O)NN)CCOCC2)cc1. The van der Waals surface area contributed by atoms with Crippen molar-refractivity contribution < 1.29 is 14.3 Å². The van der Waals surface area contributed by atoms with E-state index >= 15 is 0 Å². The Morgan fingerprint density at radius 3 is 2.53 bits per heavy atom. The van der Waals surface area contributed by atoms with Crippen LogP contribution < -0.4 is 16.0 Å². The fourth-order valence-corrected chi connectivity index (χ4v) is 2.54. The van der Waals surface area contributed by atoms with Gasteiger partial charge in [0.25, 0.3) is 0 Å². The third-order valence-electron chi connectivity index (χ3n) is 3.63. The van der Waals surface area contributed by atoms with Gasteiger partial charge in [-0.3, -0.25) is 10.2 Å². The van der Waals surface area contributed by atoms with Crippen molar-refractivity contribution >= 4 is 5.91 Å². The van der Waals surface area contributed by atoms with Crippen LogP contribution in [0.1, 0.15) is 25.3 Å². The number of carbonyl (C=O) groups is 1. The van der Waals surface area contributed by atoms with Gasteiger partial charge >= 0.3 is 0 Å². The first-order valence-corrected chi connectivity index (χ1v) is 6.55. The lowest BCUT2D eigenvalue weighted by Gasteiger charge is -2.35. The van der Waals surface area contributed by atoms with Gasteiger partial charge in [0.15, 0.2) is 0 Å². The number of amides is 1. The molecule has 1 fully saturated rings. The number of ether oxygens (including phenoxy) is 2. The number of nitrogens with one attached hydrogen (secondary N) is 1. The Kier molecular flexibility index (Phi) is 4.39. The standard InChI is InChI=1S/C14H20N2O3/c1-2-19-12-5-3-11(4-6-12)14(13(17)16-15)7-9-18-10-8-14/h3-6H,2,7-10,15H2,1H3,(H,16,17). The van der Waals surface area contributed by atoms with Gasteiger partial charge in [-0.2, -0.15) is 0 Å². The Bertz CT molecular complexity index is 425. The summed E-state index contributed by atoms with van der Waals surface area (Å²) < 4.78 is 10.8. The molecular weight excluding hydrogens is 244 g/mol. The van der Waals surface area contributed by atoms with E-state index in [4.69, 9.17) is 15.3 Å². The van der Waals surface area contributed by atoms with E-state index in [1.165, 1.54) is 0 Å². The maximum Gasteiger partial charge on any atom is 0.244 e. The summed E-state index contributed by atoms with van der Waals surface area (Å²) in [5.74, 6) is 5.99. The van der Waals surface area contributed by atoms with E-state index < -0.39 is 5.41 Å². The summed E-state index contributed by atoms with van der Waals surface area (Å²) >= 11 is 0. The van der Waals surface area contributed by atoms with Crippen molar-refractivity contribution in [2.75, 3.05) is 19.8 Å². The molecule has 3 N–H and O–H groups in total. The van der Waals surface area contributed by atoms with Gasteiger partial charge in [-0.1, -0.05) is 12.1 Å². The number of benzene rings is 1. The molecule has 0 atom stereocenters. The molecule has 104 valence electrons. The lowest BCUT2D eigenvalue weighted by molar-refractivity contribution is -0.130. The molecule has 0 aliphatic carbocycles. The van der Waals surface area contributed by atoms with Crippen LogP contribution in [0.4, 0.5) is 0 Å². The van der Waals surface area contributed by atoms with Gasteiger partial charge in [0.2, 0.25) is 5.91 Å². The maximum atomic E-state index is 12.2. The molecule has 0 saturated carbocycles. The van der Waals surface area contributed by atoms with E-state index in [1.54, 1.807) is 0 Å². The molecule has 5 heteroatoms. The number of hydrazine groups is 1. The highest BCUT2D eigenvalue weighted by Crippen LogP contribution is 2.35. The maximum absolute atomic E-state index is 12.2. The topological polar surface area (TPSA) is 73.6 Å². The van der Waals surface area contributed by atoms with E-state index in [2.05, 4.69) is 5.43 Å². The minimum Gasteiger partial charge on any atom is -0.494 e. The van der Waals surface area contributed by atoms with Crippen LogP contribution in [-0.4, -0.2) is 25.7 Å². The zero-order valence-electron chi connectivity index (χ0n) is 11.1. The van der Waals surface area contributed by atoms with Crippen molar-refractivity contribution in [1.29, 1.82) is 0 Å². The summed E-state index contributed by atoms with van der Waals surface area (Å²) in [6.45, 7) is 3.71. The summed E-state index contributed by atoms with van der Waals surface area (Å²) in [6.07, 6.45) is 1.29. The highest BCUT2D eigenvalue weighted by molar-refractivity contribution is 5.88. The minimum absolute atomic E-state index is 0.153. The third-order valence-corrected chi connectivity index (χ3v) is 3.63. The summed E-state index contributed by atoms with van der Waals surface area (Å²) in [4.78, 5) is 12.2. The van der Waals surface area contributed by atoms with Crippen molar-refractivity contribution in [3.63, 3.8) is 0 Å². The van der Waals surface area contributed by atoms with Crippen LogP contribution in [0.2, 0.25) is 0 Å². The third kappa shape index (κ3) is 2.72. The first kappa shape index (κ1) is 13.8. The van der Waals surface area contributed by atoms with Crippen molar-refractivity contribution in [3.05, 3.63) is 29.8 Å². The molecule has 1 saturated heterocycles. The van der Waals surface area contributed by atoms with E-state index in [1.807, 2.05) is 31.2 Å². The molecule has 0 unspecified atom stereocenters. The van der Waals surface area contributed by atoms with Gasteiger partial charge in [0.05, 0.1) is 12.0 Å². The van der Waals surface area contributed by atoms with E-state index in [0.717, 1.165) is 11.3 Å². The van der Waals surface area contributed by atoms with Gasteiger partial charge < -0.3 is 9.47 Å². The smallest absolute Gasteiger partial charge is 0.244 e. The fraction of sp³-hybridized carbons (Fsp3) is 0.500. The summed E-state index contributed by atoms with van der Waals surface area (Å²) in [7, 11) is 0. The molecule has 0 bridgehead atoms. The van der Waals surface area contributed by atoms with Gasteiger partial charge in [-0.15, -0.1) is 0 Å². The van der Waals surface area contributed by atoms with Crippen LogP contribution in [-0.2, 0) is 14.9 Å². The van der Waals surface area contributed by atoms with E-state index in [9.17, 15) is 4.79 Å². The van der Waals surface area contributed by atoms with E-state index in [0.29, 0.717) is 32.7 Å². The molecule has 1 amide bonds. The predicted octanol–water partition coefficient (Wildman–Crippen LogP) is 1.12. The van der Waals surface area contributed by atoms with Crippen molar-refractivity contribution in [1.82, 2.24) is 5.43 Å². The van der Waals surface area contributed by atoms with Crippen molar-refractivity contribution in [2.24, 2.45) is 5.84 Å². The second-order valence-corrected chi connectivity index (χ2v) is 4.63. The minimum atomic E-state index is -0.586. The molecule has 1 aromatic rings. The Morgan fingerprint density at radius 2 is 2.00 bits per heavy atom. The van der Waals surface area contributed by atoms with E-state index in [-0.39, 0.29) is 5.91 Å². The average Bonchev–Trinajstić information content (AvgIpc) is 2.48. The first-order chi connectivity index (χ1) is 9.23. The molecule has 19 heavy (non-hydrogen) atoms. The van der Waals surface area contributed by atoms with Crippen molar-refractivity contribution in [2.45, 2.75) is 25.2 Å². The number of hydrogen-bond donors (Lipinski definition) is 2. The highest BCUT2D eigenvalue weighted by atomic mass is 16.5. The highest BCUT2D eigenvalue weighted by Gasteiger charge is 2.41. The molecule has 5 nitrogen and oxygen atoms in total. The van der Waals surface area contributed by atoms with Crippen LogP contribution in [0.25, 0.3) is 0 Å². The second-order valence-electron chi connectivity index (χ2n) is 4.63. The summed E-state index contributed by atoms with van der Waals surface area (Å²) in [5, 5.41) is 0. The molecule has 1 heterocycles. The van der Waals surface area contributed by atoms with Crippen LogP contribution in [0.3, 0.4) is 0 Å². The second kappa shape index (κ2) is 6.04. The average molecular weight is 264 g/mol. The predicted molar refractivity (Wildman–Crippen MR) is 71.7 cm³/mol. The molecule has 1 aliphatic rings. The van der Waals surface area contributed by atoms with Gasteiger partial charge in [-0.05, 0) is 37.5 Å². The number of hydrogen-bond acceptors (Lipinski definition) is 4. The monoisotopic (exact) mass is 264 g/mol. The summed E-state index contributed by atoms with van der Waals surface area (Å²) in [5.41, 5.74) is 2.66. The molecule has 0 radical (unpaired) electrons. The lowest BCUT2D eigenvalue weighted by Crippen LogP contribution is -2.50.